The quantitative estimate of drug-likeness (QED) is 0.491. The van der Waals surface area contributed by atoms with Gasteiger partial charge in [-0.1, -0.05) is 11.8 Å². The van der Waals surface area contributed by atoms with Crippen LogP contribution in [0, 0.1) is 10.1 Å². The van der Waals surface area contributed by atoms with Crippen LogP contribution >= 0.6 is 0 Å². The van der Waals surface area contributed by atoms with Crippen LogP contribution in [-0.2, 0) is 0 Å². The van der Waals surface area contributed by atoms with Gasteiger partial charge in [0.25, 0.3) is 5.69 Å². The molecule has 1 aliphatic rings. The predicted octanol–water partition coefficient (Wildman–Crippen LogP) is 2.19. The second-order valence-corrected chi connectivity index (χ2v) is 4.57. The van der Waals surface area contributed by atoms with Gasteiger partial charge in [-0.05, 0) is 17.7 Å². The van der Waals surface area contributed by atoms with E-state index in [1.807, 2.05) is 0 Å². The molecule has 1 aliphatic heterocycles. The summed E-state index contributed by atoms with van der Waals surface area (Å²) in [4.78, 5) is 14.3. The molecule has 7 nitrogen and oxygen atoms in total. The average molecular weight is 299 g/mol. The van der Waals surface area contributed by atoms with Crippen molar-refractivity contribution in [1.29, 1.82) is 0 Å². The SMILES string of the molecule is O=[N+]([O-])c1ccc([O-])c(C=Nc2ccc3c(c2)OCCO3)c1. The molecule has 2 aromatic carbocycles. The average Bonchev–Trinajstić information content (AvgIpc) is 2.53. The zero-order valence-corrected chi connectivity index (χ0v) is 11.4. The van der Waals surface area contributed by atoms with Crippen LogP contribution in [0.15, 0.2) is 41.4 Å². The van der Waals surface area contributed by atoms with E-state index in [-0.39, 0.29) is 17.0 Å². The second-order valence-electron chi connectivity index (χ2n) is 4.57. The lowest BCUT2D eigenvalue weighted by Gasteiger charge is -2.18. The molecule has 0 radical (unpaired) electrons. The van der Waals surface area contributed by atoms with Crippen molar-refractivity contribution >= 4 is 17.6 Å². The fourth-order valence-corrected chi connectivity index (χ4v) is 2.01. The highest BCUT2D eigenvalue weighted by molar-refractivity contribution is 5.86. The number of hydrogen-bond acceptors (Lipinski definition) is 6. The summed E-state index contributed by atoms with van der Waals surface area (Å²) in [7, 11) is 0. The molecule has 0 unspecified atom stereocenters. The lowest BCUT2D eigenvalue weighted by atomic mass is 10.2. The van der Waals surface area contributed by atoms with Gasteiger partial charge >= 0.3 is 0 Å². The molecule has 0 spiro atoms. The number of nitro benzene ring substituents is 1. The van der Waals surface area contributed by atoms with E-state index < -0.39 is 4.92 Å². The lowest BCUT2D eigenvalue weighted by molar-refractivity contribution is -0.385. The molecule has 0 saturated heterocycles. The van der Waals surface area contributed by atoms with E-state index >= 15 is 0 Å². The molecule has 0 fully saturated rings. The Balaban J connectivity index is 1.88. The van der Waals surface area contributed by atoms with Crippen LogP contribution in [0.1, 0.15) is 5.56 Å². The number of rotatable bonds is 3. The Morgan fingerprint density at radius 2 is 1.86 bits per heavy atom. The molecule has 0 bridgehead atoms. The number of nitrogens with zero attached hydrogens (tertiary/aromatic N) is 2. The maximum absolute atomic E-state index is 11.7. The van der Waals surface area contributed by atoms with E-state index in [0.29, 0.717) is 30.4 Å². The smallest absolute Gasteiger partial charge is 0.270 e. The van der Waals surface area contributed by atoms with Crippen LogP contribution in [0.3, 0.4) is 0 Å². The van der Waals surface area contributed by atoms with Gasteiger partial charge in [-0.3, -0.25) is 15.1 Å². The molecule has 112 valence electrons. The van der Waals surface area contributed by atoms with Crippen molar-refractivity contribution in [1.82, 2.24) is 0 Å². The third-order valence-electron chi connectivity index (χ3n) is 3.08. The minimum absolute atomic E-state index is 0.150. The zero-order valence-electron chi connectivity index (χ0n) is 11.4. The molecule has 0 aliphatic carbocycles. The zero-order chi connectivity index (χ0) is 15.5. The van der Waals surface area contributed by atoms with E-state index in [4.69, 9.17) is 9.47 Å². The summed E-state index contributed by atoms with van der Waals surface area (Å²) in [6, 6.07) is 8.66. The van der Waals surface area contributed by atoms with Gasteiger partial charge in [0.2, 0.25) is 0 Å². The summed E-state index contributed by atoms with van der Waals surface area (Å²) in [6.45, 7) is 0.971. The third kappa shape index (κ3) is 2.83. The van der Waals surface area contributed by atoms with Gasteiger partial charge in [-0.25, -0.2) is 0 Å². The fraction of sp³-hybridized carbons (Fsp3) is 0.133. The first-order chi connectivity index (χ1) is 10.6. The van der Waals surface area contributed by atoms with E-state index in [2.05, 4.69) is 4.99 Å². The minimum Gasteiger partial charge on any atom is -0.872 e. The first kappa shape index (κ1) is 13.9. The summed E-state index contributed by atoms with van der Waals surface area (Å²) < 4.78 is 10.8. The molecular weight excluding hydrogens is 288 g/mol. The lowest BCUT2D eigenvalue weighted by Crippen LogP contribution is -2.14. The fourth-order valence-electron chi connectivity index (χ4n) is 2.01. The van der Waals surface area contributed by atoms with Crippen molar-refractivity contribution in [3.8, 4) is 17.2 Å². The van der Waals surface area contributed by atoms with Crippen LogP contribution in [0.2, 0.25) is 0 Å². The summed E-state index contributed by atoms with van der Waals surface area (Å²) >= 11 is 0. The molecule has 0 amide bonds. The first-order valence-corrected chi connectivity index (χ1v) is 6.53. The molecular formula is C15H11N2O5-. The maximum Gasteiger partial charge on any atom is 0.270 e. The first-order valence-electron chi connectivity index (χ1n) is 6.53. The molecule has 7 heteroatoms. The molecule has 0 aromatic heterocycles. The minimum atomic E-state index is -0.555. The number of ether oxygens (including phenoxy) is 2. The van der Waals surface area contributed by atoms with Crippen molar-refractivity contribution in [3.63, 3.8) is 0 Å². The molecule has 1 heterocycles. The van der Waals surface area contributed by atoms with Crippen LogP contribution < -0.4 is 14.6 Å². The highest BCUT2D eigenvalue weighted by Crippen LogP contribution is 2.33. The summed E-state index contributed by atoms with van der Waals surface area (Å²) in [5.41, 5.74) is 0.572. The van der Waals surface area contributed by atoms with Crippen LogP contribution in [-0.4, -0.2) is 24.4 Å². The van der Waals surface area contributed by atoms with Gasteiger partial charge in [-0.15, -0.1) is 0 Å². The van der Waals surface area contributed by atoms with Gasteiger partial charge in [0, 0.05) is 24.4 Å². The molecule has 2 aromatic rings. The molecule has 3 rings (SSSR count). The standard InChI is InChI=1S/C15H12N2O5/c18-13-3-2-12(17(19)20)7-10(13)9-16-11-1-4-14-15(8-11)22-6-5-21-14/h1-4,7-9,18H,5-6H2/p-1. The molecule has 0 saturated carbocycles. The van der Waals surface area contributed by atoms with Crippen LogP contribution in [0.25, 0.3) is 0 Å². The van der Waals surface area contributed by atoms with Crippen molar-refractivity contribution in [2.24, 2.45) is 4.99 Å². The Bertz CT molecular complexity index is 758. The Kier molecular flexibility index (Phi) is 3.61. The largest absolute Gasteiger partial charge is 0.872 e. The van der Waals surface area contributed by atoms with Gasteiger partial charge in [-0.2, -0.15) is 0 Å². The van der Waals surface area contributed by atoms with Gasteiger partial charge in [0.05, 0.1) is 10.6 Å². The number of nitro groups is 1. The van der Waals surface area contributed by atoms with Crippen LogP contribution in [0.5, 0.6) is 17.2 Å². The number of fused-ring (bicyclic) bond motifs is 1. The Morgan fingerprint density at radius 3 is 2.64 bits per heavy atom. The molecule has 22 heavy (non-hydrogen) atoms. The summed E-state index contributed by atoms with van der Waals surface area (Å²) in [5, 5.41) is 22.4. The third-order valence-corrected chi connectivity index (χ3v) is 3.08. The van der Waals surface area contributed by atoms with E-state index in [0.717, 1.165) is 6.07 Å². The highest BCUT2D eigenvalue weighted by atomic mass is 16.6. The van der Waals surface area contributed by atoms with Crippen molar-refractivity contribution in [2.45, 2.75) is 0 Å². The summed E-state index contributed by atoms with van der Waals surface area (Å²) in [5.74, 6) is 0.902. The van der Waals surface area contributed by atoms with Crippen LogP contribution in [0.4, 0.5) is 11.4 Å². The number of aliphatic imine (C=N–C) groups is 1. The number of hydrogen-bond donors (Lipinski definition) is 0. The van der Waals surface area contributed by atoms with Gasteiger partial charge in [0.15, 0.2) is 11.5 Å². The van der Waals surface area contributed by atoms with Gasteiger partial charge in [0.1, 0.15) is 13.2 Å². The van der Waals surface area contributed by atoms with Crippen molar-refractivity contribution < 1.29 is 19.5 Å². The maximum atomic E-state index is 11.7. The Labute approximate surface area is 125 Å². The van der Waals surface area contributed by atoms with E-state index in [9.17, 15) is 15.2 Å². The van der Waals surface area contributed by atoms with E-state index in [1.165, 1.54) is 18.3 Å². The normalized spacial score (nSPS) is 13.3. The predicted molar refractivity (Wildman–Crippen MR) is 77.2 cm³/mol. The van der Waals surface area contributed by atoms with Gasteiger partial charge < -0.3 is 14.6 Å². The topological polar surface area (TPSA) is 97.0 Å². The number of benzene rings is 2. The highest BCUT2D eigenvalue weighted by Gasteiger charge is 2.11. The number of non-ortho nitro benzene ring substituents is 1. The van der Waals surface area contributed by atoms with Crippen molar-refractivity contribution in [3.05, 3.63) is 52.1 Å². The molecule has 0 N–H and O–H groups in total. The molecule has 0 atom stereocenters. The Hall–Kier alpha value is -3.09. The summed E-state index contributed by atoms with van der Waals surface area (Å²) in [6.07, 6.45) is 1.31. The van der Waals surface area contributed by atoms with E-state index in [1.54, 1.807) is 18.2 Å². The second kappa shape index (κ2) is 5.72. The monoisotopic (exact) mass is 299 g/mol. The van der Waals surface area contributed by atoms with Crippen molar-refractivity contribution in [2.75, 3.05) is 13.2 Å². The Morgan fingerprint density at radius 1 is 1.09 bits per heavy atom.